The molecule has 0 amide bonds. The van der Waals surface area contributed by atoms with Crippen molar-refractivity contribution in [3.63, 3.8) is 0 Å². The second kappa shape index (κ2) is 9.13. The fourth-order valence-electron chi connectivity index (χ4n) is 6.19. The molecule has 0 aliphatic heterocycles. The maximum absolute atomic E-state index is 5.38. The van der Waals surface area contributed by atoms with Crippen LogP contribution in [-0.2, 0) is 17.3 Å². The second-order valence-corrected chi connectivity index (χ2v) is 14.4. The van der Waals surface area contributed by atoms with Crippen molar-refractivity contribution in [1.82, 2.24) is 9.97 Å². The van der Waals surface area contributed by atoms with E-state index in [-0.39, 0.29) is 10.8 Å². The molecule has 3 heteroatoms. The van der Waals surface area contributed by atoms with Crippen LogP contribution in [-0.4, -0.2) is 9.97 Å². The summed E-state index contributed by atoms with van der Waals surface area (Å²) in [6.45, 7) is 18.2. The van der Waals surface area contributed by atoms with E-state index < -0.39 is 0 Å². The van der Waals surface area contributed by atoms with E-state index in [4.69, 9.17) is 4.98 Å². The number of thiophene rings is 1. The Morgan fingerprint density at radius 1 is 0.923 bits per heavy atom. The first-order chi connectivity index (χ1) is 18.4. The first kappa shape index (κ1) is 26.0. The fourth-order valence-corrected chi connectivity index (χ4v) is 7.51. The molecule has 0 unspecified atom stereocenters. The molecule has 0 radical (unpaired) electrons. The van der Waals surface area contributed by atoms with E-state index in [1.807, 2.05) is 23.7 Å². The van der Waals surface area contributed by atoms with Crippen molar-refractivity contribution in [3.8, 4) is 22.4 Å². The minimum absolute atomic E-state index is 0.00777. The number of pyridine rings is 2. The summed E-state index contributed by atoms with van der Waals surface area (Å²) in [5.41, 5.74) is 9.72. The molecule has 6 rings (SSSR count). The Morgan fingerprint density at radius 2 is 1.72 bits per heavy atom. The van der Waals surface area contributed by atoms with E-state index >= 15 is 0 Å². The van der Waals surface area contributed by atoms with Crippen LogP contribution < -0.4 is 0 Å². The Bertz CT molecular complexity index is 1780. The monoisotopic (exact) mass is 530 g/mol. The summed E-state index contributed by atoms with van der Waals surface area (Å²) in [5.74, 6) is 0.661. The van der Waals surface area contributed by atoms with Crippen LogP contribution in [0.3, 0.4) is 0 Å². The Kier molecular flexibility index (Phi) is 6.07. The van der Waals surface area contributed by atoms with Gasteiger partial charge in [-0.05, 0) is 94.1 Å². The molecule has 0 fully saturated rings. The van der Waals surface area contributed by atoms with Crippen LogP contribution in [0.25, 0.3) is 48.8 Å². The van der Waals surface area contributed by atoms with E-state index in [0.29, 0.717) is 5.92 Å². The van der Waals surface area contributed by atoms with Crippen molar-refractivity contribution in [2.24, 2.45) is 5.92 Å². The maximum atomic E-state index is 5.38. The zero-order valence-corrected chi connectivity index (χ0v) is 25.3. The number of fused-ring (bicyclic) bond motifs is 3. The topological polar surface area (TPSA) is 25.8 Å². The number of rotatable bonds is 4. The molecule has 0 saturated carbocycles. The van der Waals surface area contributed by atoms with E-state index in [2.05, 4.69) is 115 Å². The third-order valence-corrected chi connectivity index (χ3v) is 9.07. The first-order valence-corrected chi connectivity index (χ1v) is 14.9. The highest BCUT2D eigenvalue weighted by atomic mass is 32.1. The van der Waals surface area contributed by atoms with Crippen LogP contribution in [0.15, 0.2) is 67.0 Å². The van der Waals surface area contributed by atoms with E-state index in [0.717, 1.165) is 12.1 Å². The Balaban J connectivity index is 1.59. The number of hydrogen-bond acceptors (Lipinski definition) is 3. The Morgan fingerprint density at radius 3 is 2.46 bits per heavy atom. The van der Waals surface area contributed by atoms with Gasteiger partial charge >= 0.3 is 0 Å². The molecule has 1 aliphatic carbocycles. The van der Waals surface area contributed by atoms with Crippen LogP contribution in [0, 0.1) is 5.92 Å². The fraction of sp³-hybridized carbons (Fsp3) is 0.333. The van der Waals surface area contributed by atoms with E-state index in [1.165, 1.54) is 64.8 Å². The van der Waals surface area contributed by atoms with E-state index in [9.17, 15) is 0 Å². The van der Waals surface area contributed by atoms with Crippen molar-refractivity contribution in [2.75, 3.05) is 0 Å². The molecule has 0 bridgehead atoms. The van der Waals surface area contributed by atoms with Crippen molar-refractivity contribution in [1.29, 1.82) is 0 Å². The molecular formula is C36H38N2S. The van der Waals surface area contributed by atoms with Gasteiger partial charge in [0.2, 0.25) is 0 Å². The van der Waals surface area contributed by atoms with Crippen molar-refractivity contribution >= 4 is 37.8 Å². The van der Waals surface area contributed by atoms with Gasteiger partial charge in [-0.15, -0.1) is 11.3 Å². The molecule has 1 aliphatic rings. The summed E-state index contributed by atoms with van der Waals surface area (Å²) in [6.07, 6.45) is 7.41. The van der Waals surface area contributed by atoms with Crippen LogP contribution in [0.1, 0.15) is 77.1 Å². The summed E-state index contributed by atoms with van der Waals surface area (Å²) in [4.78, 5) is 11.3. The van der Waals surface area contributed by atoms with Gasteiger partial charge in [0, 0.05) is 43.9 Å². The highest BCUT2D eigenvalue weighted by molar-refractivity contribution is 7.19. The first-order valence-electron chi connectivity index (χ1n) is 14.1. The van der Waals surface area contributed by atoms with Gasteiger partial charge in [0.1, 0.15) is 0 Å². The molecule has 3 heterocycles. The second-order valence-electron chi connectivity index (χ2n) is 13.3. The van der Waals surface area contributed by atoms with Crippen LogP contribution >= 0.6 is 11.3 Å². The minimum Gasteiger partial charge on any atom is -0.264 e. The van der Waals surface area contributed by atoms with E-state index in [1.54, 1.807) is 0 Å². The largest absolute Gasteiger partial charge is 0.264 e. The van der Waals surface area contributed by atoms with Crippen molar-refractivity contribution in [2.45, 2.75) is 72.6 Å². The van der Waals surface area contributed by atoms with Gasteiger partial charge in [-0.2, -0.15) is 0 Å². The smallest absolute Gasteiger partial charge is 0.0712 e. The number of allylic oxidation sites excluding steroid dienone is 2. The van der Waals surface area contributed by atoms with Crippen molar-refractivity contribution in [3.05, 3.63) is 88.7 Å². The molecule has 0 saturated heterocycles. The van der Waals surface area contributed by atoms with Crippen molar-refractivity contribution < 1.29 is 0 Å². The molecular weight excluding hydrogens is 492 g/mol. The third kappa shape index (κ3) is 4.61. The van der Waals surface area contributed by atoms with Gasteiger partial charge in [0.15, 0.2) is 0 Å². The summed E-state index contributed by atoms with van der Waals surface area (Å²) in [7, 11) is 0. The average Bonchev–Trinajstić information content (AvgIpc) is 3.37. The number of hydrogen-bond donors (Lipinski definition) is 0. The summed E-state index contributed by atoms with van der Waals surface area (Å²) >= 11 is 1.94. The molecule has 198 valence electrons. The lowest BCUT2D eigenvalue weighted by molar-refractivity contribution is 0.596. The predicted molar refractivity (Wildman–Crippen MR) is 170 cm³/mol. The standard InChI is InChI=1S/C36H38N2S/c1-21(2)13-27-15-25-10-9-23(17-32(25)39-27)28-18-31(38-34-33(28)22(3)19-36(34,7)8)26-14-24-11-12-37-20-29(24)30(16-26)35(4,5)6/h9-12,14-21H,13H2,1-8H3. The number of benzene rings is 2. The zero-order valence-electron chi connectivity index (χ0n) is 24.4. The minimum atomic E-state index is -0.116. The number of aromatic nitrogens is 2. The lowest BCUT2D eigenvalue weighted by atomic mass is 9.82. The van der Waals surface area contributed by atoms with Crippen LogP contribution in [0.2, 0.25) is 0 Å². The molecule has 0 N–H and O–H groups in total. The molecule has 5 aromatic rings. The molecule has 0 spiro atoms. The van der Waals surface area contributed by atoms with Gasteiger partial charge in [-0.3, -0.25) is 9.97 Å². The molecule has 39 heavy (non-hydrogen) atoms. The molecule has 0 atom stereocenters. The highest BCUT2D eigenvalue weighted by Crippen LogP contribution is 2.46. The molecule has 2 nitrogen and oxygen atoms in total. The Labute approximate surface area is 236 Å². The molecule has 3 aromatic heterocycles. The predicted octanol–water partition coefficient (Wildman–Crippen LogP) is 10.4. The Hall–Kier alpha value is -3.30. The van der Waals surface area contributed by atoms with Gasteiger partial charge < -0.3 is 0 Å². The lowest BCUT2D eigenvalue weighted by Crippen LogP contribution is -2.15. The van der Waals surface area contributed by atoms with Gasteiger partial charge in [-0.25, -0.2) is 0 Å². The van der Waals surface area contributed by atoms with Crippen LogP contribution in [0.4, 0.5) is 0 Å². The quantitative estimate of drug-likeness (QED) is 0.231. The van der Waals surface area contributed by atoms with Gasteiger partial charge in [0.05, 0.1) is 11.4 Å². The van der Waals surface area contributed by atoms with Crippen LogP contribution in [0.5, 0.6) is 0 Å². The average molecular weight is 531 g/mol. The SMILES string of the molecule is CC1=CC(C)(C)c2nc(-c3cc(C(C)(C)C)c4cnccc4c3)cc(-c3ccc4cc(CC(C)C)sc4c3)c21. The summed E-state index contributed by atoms with van der Waals surface area (Å²) < 4.78 is 1.36. The lowest BCUT2D eigenvalue weighted by Gasteiger charge is -2.24. The van der Waals surface area contributed by atoms with Gasteiger partial charge in [-0.1, -0.05) is 66.7 Å². The normalized spacial score (nSPS) is 14.8. The zero-order chi connectivity index (χ0) is 27.7. The third-order valence-electron chi connectivity index (χ3n) is 7.95. The molecule has 2 aromatic carbocycles. The van der Waals surface area contributed by atoms with Gasteiger partial charge in [0.25, 0.3) is 0 Å². The summed E-state index contributed by atoms with van der Waals surface area (Å²) in [5, 5.41) is 3.77. The summed E-state index contributed by atoms with van der Waals surface area (Å²) in [6, 6.07) is 18.5. The number of nitrogens with zero attached hydrogens (tertiary/aromatic N) is 2. The highest BCUT2D eigenvalue weighted by Gasteiger charge is 2.33. The maximum Gasteiger partial charge on any atom is 0.0712 e.